The zero-order chi connectivity index (χ0) is 36.4. The van der Waals surface area contributed by atoms with E-state index in [2.05, 4.69) is 42.8 Å². The van der Waals surface area contributed by atoms with Gasteiger partial charge in [-0.3, -0.25) is 4.79 Å². The Balaban J connectivity index is 3.47. The van der Waals surface area contributed by atoms with Gasteiger partial charge < -0.3 is 10.1 Å². The van der Waals surface area contributed by atoms with Gasteiger partial charge in [0, 0.05) is 19.3 Å². The lowest BCUT2D eigenvalue weighted by atomic mass is 10.0. The summed E-state index contributed by atoms with van der Waals surface area (Å²) in [5, 5.41) is 2.81. The molecule has 0 radical (unpaired) electrons. The first-order valence-corrected chi connectivity index (χ1v) is 22.0. The lowest BCUT2D eigenvalue weighted by Gasteiger charge is -2.13. The quantitative estimate of drug-likeness (QED) is 0.0399. The Morgan fingerprint density at radius 2 is 0.780 bits per heavy atom. The Morgan fingerprint density at radius 3 is 1.16 bits per heavy atom. The summed E-state index contributed by atoms with van der Waals surface area (Å²) in [6, 6.07) is -0.575. The molecule has 0 aliphatic rings. The maximum Gasteiger partial charge on any atom is 0.328 e. The van der Waals surface area contributed by atoms with Gasteiger partial charge in [-0.1, -0.05) is 205 Å². The van der Waals surface area contributed by atoms with E-state index in [-0.39, 0.29) is 11.9 Å². The van der Waals surface area contributed by atoms with Crippen LogP contribution in [0.2, 0.25) is 0 Å². The molecule has 0 saturated carbocycles. The molecule has 290 valence electrons. The molecule has 1 atom stereocenters. The lowest BCUT2D eigenvalue weighted by molar-refractivity contribution is -0.147. The SMILES string of the molecule is CCCCCCCCCCCCC#CC#CCCCCCCCCC(=O)N[C@H](C)C(=O)OCCCCCCCCCCCCCCCCCC. The molecule has 0 aromatic rings. The first-order valence-electron chi connectivity index (χ1n) is 22.0. The fourth-order valence-corrected chi connectivity index (χ4v) is 6.44. The van der Waals surface area contributed by atoms with Gasteiger partial charge in [0.25, 0.3) is 0 Å². The topological polar surface area (TPSA) is 55.4 Å². The molecule has 0 fully saturated rings. The van der Waals surface area contributed by atoms with E-state index >= 15 is 0 Å². The van der Waals surface area contributed by atoms with E-state index in [1.807, 2.05) is 0 Å². The normalized spacial score (nSPS) is 11.3. The summed E-state index contributed by atoms with van der Waals surface area (Å²) in [5.41, 5.74) is 0. The van der Waals surface area contributed by atoms with Gasteiger partial charge in [-0.25, -0.2) is 4.79 Å². The molecule has 0 aliphatic heterocycles. The Labute approximate surface area is 312 Å². The second kappa shape index (κ2) is 41.5. The highest BCUT2D eigenvalue weighted by Gasteiger charge is 2.16. The largest absolute Gasteiger partial charge is 0.464 e. The summed E-state index contributed by atoms with van der Waals surface area (Å²) in [6.07, 6.45) is 43.7. The highest BCUT2D eigenvalue weighted by Crippen LogP contribution is 2.14. The standard InChI is InChI=1S/C46H83NO3/c1-4-6-8-10-12-14-16-18-20-22-23-24-25-26-27-28-30-32-34-36-38-40-42-45(48)47-44(3)46(49)50-43-41-39-37-35-33-31-29-21-19-17-15-13-11-9-7-5-2/h44H,4-23,28-43H2,1-3H3,(H,47,48)/t44-/m1/s1. The summed E-state index contributed by atoms with van der Waals surface area (Å²) >= 11 is 0. The van der Waals surface area contributed by atoms with Crippen LogP contribution < -0.4 is 5.32 Å². The molecule has 50 heavy (non-hydrogen) atoms. The van der Waals surface area contributed by atoms with Crippen LogP contribution in [-0.4, -0.2) is 24.5 Å². The van der Waals surface area contributed by atoms with Crippen molar-refractivity contribution in [2.24, 2.45) is 0 Å². The minimum atomic E-state index is -0.575. The molecule has 0 aliphatic carbocycles. The Kier molecular flexibility index (Phi) is 39.9. The number of hydrogen-bond acceptors (Lipinski definition) is 3. The maximum atomic E-state index is 12.3. The van der Waals surface area contributed by atoms with E-state index in [4.69, 9.17) is 4.74 Å². The zero-order valence-corrected chi connectivity index (χ0v) is 33.8. The Hall–Kier alpha value is -1.94. The molecule has 0 bridgehead atoms. The minimum Gasteiger partial charge on any atom is -0.464 e. The molecule has 0 aromatic heterocycles. The van der Waals surface area contributed by atoms with Gasteiger partial charge in [-0.2, -0.15) is 0 Å². The second-order valence-corrected chi connectivity index (χ2v) is 14.9. The van der Waals surface area contributed by atoms with Gasteiger partial charge in [0.05, 0.1) is 6.61 Å². The van der Waals surface area contributed by atoms with Gasteiger partial charge in [-0.15, -0.1) is 0 Å². The second-order valence-electron chi connectivity index (χ2n) is 14.9. The van der Waals surface area contributed by atoms with Crippen LogP contribution in [0.15, 0.2) is 0 Å². The van der Waals surface area contributed by atoms with E-state index in [0.29, 0.717) is 13.0 Å². The number of rotatable bonds is 37. The summed E-state index contributed by atoms with van der Waals surface area (Å²) in [7, 11) is 0. The number of amides is 1. The van der Waals surface area contributed by atoms with Gasteiger partial charge >= 0.3 is 5.97 Å². The first-order chi connectivity index (χ1) is 24.6. The summed E-state index contributed by atoms with van der Waals surface area (Å²) in [5.74, 6) is 12.1. The zero-order valence-electron chi connectivity index (χ0n) is 33.8. The summed E-state index contributed by atoms with van der Waals surface area (Å²) < 4.78 is 5.41. The van der Waals surface area contributed by atoms with E-state index in [1.165, 1.54) is 167 Å². The molecule has 1 amide bonds. The van der Waals surface area contributed by atoms with Crippen molar-refractivity contribution in [1.29, 1.82) is 0 Å². The molecule has 0 heterocycles. The van der Waals surface area contributed by atoms with Crippen LogP contribution in [-0.2, 0) is 14.3 Å². The number of carbonyl (C=O) groups is 2. The van der Waals surface area contributed by atoms with Crippen molar-refractivity contribution in [2.45, 2.75) is 252 Å². The molecule has 0 aromatic carbocycles. The van der Waals surface area contributed by atoms with Crippen LogP contribution in [0, 0.1) is 23.7 Å². The number of esters is 1. The van der Waals surface area contributed by atoms with Crippen LogP contribution >= 0.6 is 0 Å². The number of carbonyl (C=O) groups excluding carboxylic acids is 2. The molecule has 0 saturated heterocycles. The molecule has 4 heteroatoms. The minimum absolute atomic E-state index is 0.0543. The van der Waals surface area contributed by atoms with Crippen molar-refractivity contribution in [1.82, 2.24) is 5.32 Å². The molecular formula is C46H83NO3. The number of ether oxygens (including phenoxy) is 1. The Bertz CT molecular complexity index is 860. The van der Waals surface area contributed by atoms with E-state index < -0.39 is 6.04 Å². The van der Waals surface area contributed by atoms with Crippen LogP contribution in [0.1, 0.15) is 245 Å². The van der Waals surface area contributed by atoms with Crippen LogP contribution in [0.25, 0.3) is 0 Å². The first kappa shape index (κ1) is 48.1. The van der Waals surface area contributed by atoms with E-state index in [0.717, 1.165) is 51.4 Å². The monoisotopic (exact) mass is 698 g/mol. The third-order valence-electron chi connectivity index (χ3n) is 9.82. The van der Waals surface area contributed by atoms with Crippen LogP contribution in [0.3, 0.4) is 0 Å². The molecule has 0 unspecified atom stereocenters. The van der Waals surface area contributed by atoms with Gasteiger partial charge in [0.1, 0.15) is 6.04 Å². The van der Waals surface area contributed by atoms with Crippen molar-refractivity contribution in [3.05, 3.63) is 0 Å². The summed E-state index contributed by atoms with van der Waals surface area (Å²) in [6.45, 7) is 6.73. The molecule has 4 nitrogen and oxygen atoms in total. The van der Waals surface area contributed by atoms with Gasteiger partial charge in [0.2, 0.25) is 5.91 Å². The average molecular weight is 698 g/mol. The van der Waals surface area contributed by atoms with E-state index in [1.54, 1.807) is 6.92 Å². The predicted octanol–water partition coefficient (Wildman–Crippen LogP) is 13.7. The lowest BCUT2D eigenvalue weighted by Crippen LogP contribution is -2.39. The highest BCUT2D eigenvalue weighted by molar-refractivity contribution is 5.84. The third kappa shape index (κ3) is 38.9. The Morgan fingerprint density at radius 1 is 0.460 bits per heavy atom. The van der Waals surface area contributed by atoms with Crippen molar-refractivity contribution in [3.63, 3.8) is 0 Å². The van der Waals surface area contributed by atoms with E-state index in [9.17, 15) is 9.59 Å². The maximum absolute atomic E-state index is 12.3. The molecule has 1 N–H and O–H groups in total. The third-order valence-corrected chi connectivity index (χ3v) is 9.82. The number of unbranched alkanes of at least 4 members (excludes halogenated alkanes) is 31. The average Bonchev–Trinajstić information content (AvgIpc) is 3.11. The number of hydrogen-bond donors (Lipinski definition) is 1. The highest BCUT2D eigenvalue weighted by atomic mass is 16.5. The van der Waals surface area contributed by atoms with Crippen molar-refractivity contribution in [3.8, 4) is 23.7 Å². The van der Waals surface area contributed by atoms with Crippen LogP contribution in [0.5, 0.6) is 0 Å². The van der Waals surface area contributed by atoms with Gasteiger partial charge in [0.15, 0.2) is 0 Å². The fourth-order valence-electron chi connectivity index (χ4n) is 6.44. The fraction of sp³-hybridized carbons (Fsp3) is 0.870. The van der Waals surface area contributed by atoms with Crippen molar-refractivity contribution in [2.75, 3.05) is 6.61 Å². The predicted molar refractivity (Wildman–Crippen MR) is 217 cm³/mol. The molecular weight excluding hydrogens is 615 g/mol. The van der Waals surface area contributed by atoms with Gasteiger partial charge in [-0.05, 0) is 44.4 Å². The van der Waals surface area contributed by atoms with Crippen LogP contribution in [0.4, 0.5) is 0 Å². The van der Waals surface area contributed by atoms with Crippen molar-refractivity contribution < 1.29 is 14.3 Å². The summed E-state index contributed by atoms with van der Waals surface area (Å²) in [4.78, 5) is 24.5. The smallest absolute Gasteiger partial charge is 0.328 e. The number of nitrogens with one attached hydrogen (secondary N) is 1. The molecule has 0 rings (SSSR count). The molecule has 0 spiro atoms. The van der Waals surface area contributed by atoms with Crippen molar-refractivity contribution >= 4 is 11.9 Å².